The lowest BCUT2D eigenvalue weighted by Crippen LogP contribution is -1.97. The molecule has 0 radical (unpaired) electrons. The number of rotatable bonds is 4. The monoisotopic (exact) mass is 246 g/mol. The smallest absolute Gasteiger partial charge is 0.122 e. The number of hydrogen-bond acceptors (Lipinski definition) is 1. The fraction of sp³-hybridized carbons (Fsp3) is 0.200. The number of para-hydroxylation sites is 1. The first-order chi connectivity index (χ1) is 8.29. The zero-order valence-electron chi connectivity index (χ0n) is 9.82. The molecule has 0 atom stereocenters. The van der Waals surface area contributed by atoms with E-state index in [0.717, 1.165) is 17.2 Å². The van der Waals surface area contributed by atoms with Gasteiger partial charge in [0.1, 0.15) is 5.75 Å². The van der Waals surface area contributed by atoms with E-state index in [1.807, 2.05) is 49.4 Å². The predicted molar refractivity (Wildman–Crippen MR) is 71.9 cm³/mol. The van der Waals surface area contributed by atoms with Crippen molar-refractivity contribution in [2.75, 3.05) is 6.61 Å². The normalized spacial score (nSPS) is 10.2. The second-order valence-corrected chi connectivity index (χ2v) is 4.28. The van der Waals surface area contributed by atoms with Crippen LogP contribution in [0.15, 0.2) is 48.5 Å². The standard InChI is InChI=1S/C15H15ClO/c1-2-17-15-6-4-3-5-13(15)11-12-7-9-14(16)10-8-12/h3-10H,2,11H2,1H3. The second kappa shape index (κ2) is 5.74. The molecule has 0 aliphatic rings. The van der Waals surface area contributed by atoms with Gasteiger partial charge >= 0.3 is 0 Å². The van der Waals surface area contributed by atoms with Crippen LogP contribution in [0.1, 0.15) is 18.1 Å². The Morgan fingerprint density at radius 3 is 2.41 bits per heavy atom. The van der Waals surface area contributed by atoms with Crippen molar-refractivity contribution in [3.63, 3.8) is 0 Å². The van der Waals surface area contributed by atoms with Gasteiger partial charge in [-0.05, 0) is 36.2 Å². The third-order valence-electron chi connectivity index (χ3n) is 2.58. The molecule has 2 aromatic carbocycles. The van der Waals surface area contributed by atoms with Crippen molar-refractivity contribution in [3.8, 4) is 5.75 Å². The van der Waals surface area contributed by atoms with Gasteiger partial charge in [0.15, 0.2) is 0 Å². The Morgan fingerprint density at radius 1 is 1.00 bits per heavy atom. The van der Waals surface area contributed by atoms with Crippen molar-refractivity contribution in [1.29, 1.82) is 0 Å². The highest BCUT2D eigenvalue weighted by molar-refractivity contribution is 6.30. The molecule has 1 nitrogen and oxygen atoms in total. The van der Waals surface area contributed by atoms with Gasteiger partial charge in [-0.25, -0.2) is 0 Å². The van der Waals surface area contributed by atoms with Gasteiger partial charge in [-0.1, -0.05) is 41.9 Å². The molecule has 0 unspecified atom stereocenters. The third-order valence-corrected chi connectivity index (χ3v) is 2.83. The van der Waals surface area contributed by atoms with Crippen molar-refractivity contribution < 1.29 is 4.74 Å². The molecule has 0 aliphatic carbocycles. The van der Waals surface area contributed by atoms with Crippen LogP contribution in [0.3, 0.4) is 0 Å². The topological polar surface area (TPSA) is 9.23 Å². The van der Waals surface area contributed by atoms with Crippen LogP contribution < -0.4 is 4.74 Å². The van der Waals surface area contributed by atoms with Crippen LogP contribution in [0.4, 0.5) is 0 Å². The molecule has 2 heteroatoms. The number of halogens is 1. The van der Waals surface area contributed by atoms with E-state index in [2.05, 4.69) is 6.07 Å². The zero-order chi connectivity index (χ0) is 12.1. The molecule has 0 saturated carbocycles. The van der Waals surface area contributed by atoms with Crippen molar-refractivity contribution in [2.45, 2.75) is 13.3 Å². The second-order valence-electron chi connectivity index (χ2n) is 3.84. The maximum Gasteiger partial charge on any atom is 0.122 e. The molecule has 0 aliphatic heterocycles. The highest BCUT2D eigenvalue weighted by Crippen LogP contribution is 2.22. The average Bonchev–Trinajstić information content (AvgIpc) is 2.35. The minimum atomic E-state index is 0.692. The molecule has 0 saturated heterocycles. The first kappa shape index (κ1) is 12.0. The molecule has 2 rings (SSSR count). The molecule has 0 bridgehead atoms. The summed E-state index contributed by atoms with van der Waals surface area (Å²) in [7, 11) is 0. The van der Waals surface area contributed by atoms with Gasteiger partial charge < -0.3 is 4.74 Å². The summed E-state index contributed by atoms with van der Waals surface area (Å²) in [6.07, 6.45) is 0.868. The average molecular weight is 247 g/mol. The van der Waals surface area contributed by atoms with Gasteiger partial charge in [-0.3, -0.25) is 0 Å². The molecule has 0 spiro atoms. The lowest BCUT2D eigenvalue weighted by atomic mass is 10.0. The molecule has 17 heavy (non-hydrogen) atoms. The molecule has 0 N–H and O–H groups in total. The largest absolute Gasteiger partial charge is 0.494 e. The van der Waals surface area contributed by atoms with E-state index < -0.39 is 0 Å². The summed E-state index contributed by atoms with van der Waals surface area (Å²) in [6.45, 7) is 2.69. The van der Waals surface area contributed by atoms with Crippen LogP contribution in [0, 0.1) is 0 Å². The molecule has 0 heterocycles. The van der Waals surface area contributed by atoms with E-state index in [-0.39, 0.29) is 0 Å². The SMILES string of the molecule is CCOc1ccccc1Cc1ccc(Cl)cc1. The number of hydrogen-bond donors (Lipinski definition) is 0. The highest BCUT2D eigenvalue weighted by Gasteiger charge is 2.03. The Balaban J connectivity index is 2.20. The van der Waals surface area contributed by atoms with E-state index in [9.17, 15) is 0 Å². The van der Waals surface area contributed by atoms with E-state index in [1.165, 1.54) is 11.1 Å². The summed E-state index contributed by atoms with van der Waals surface area (Å²) in [5, 5.41) is 0.770. The summed E-state index contributed by atoms with van der Waals surface area (Å²) >= 11 is 5.87. The molecular formula is C15H15ClO. The maximum absolute atomic E-state index is 5.87. The number of ether oxygens (including phenoxy) is 1. The van der Waals surface area contributed by atoms with Gasteiger partial charge in [-0.2, -0.15) is 0 Å². The summed E-state index contributed by atoms with van der Waals surface area (Å²) in [6, 6.07) is 16.1. The fourth-order valence-electron chi connectivity index (χ4n) is 1.77. The lowest BCUT2D eigenvalue weighted by molar-refractivity contribution is 0.337. The Bertz CT molecular complexity index is 477. The molecule has 0 amide bonds. The van der Waals surface area contributed by atoms with E-state index in [4.69, 9.17) is 16.3 Å². The molecular weight excluding hydrogens is 232 g/mol. The lowest BCUT2D eigenvalue weighted by Gasteiger charge is -2.09. The van der Waals surface area contributed by atoms with Crippen LogP contribution >= 0.6 is 11.6 Å². The van der Waals surface area contributed by atoms with Crippen LogP contribution in [0.2, 0.25) is 5.02 Å². The van der Waals surface area contributed by atoms with Crippen molar-refractivity contribution in [3.05, 3.63) is 64.7 Å². The van der Waals surface area contributed by atoms with Crippen LogP contribution in [-0.4, -0.2) is 6.61 Å². The van der Waals surface area contributed by atoms with Crippen LogP contribution in [0.25, 0.3) is 0 Å². The van der Waals surface area contributed by atoms with Crippen molar-refractivity contribution >= 4 is 11.6 Å². The summed E-state index contributed by atoms with van der Waals surface area (Å²) in [5.74, 6) is 0.963. The van der Waals surface area contributed by atoms with Crippen LogP contribution in [-0.2, 0) is 6.42 Å². The molecule has 88 valence electrons. The Labute approximate surface area is 107 Å². The molecule has 0 fully saturated rings. The summed E-state index contributed by atoms with van der Waals surface area (Å²) in [4.78, 5) is 0. The van der Waals surface area contributed by atoms with Crippen LogP contribution in [0.5, 0.6) is 5.75 Å². The van der Waals surface area contributed by atoms with Gasteiger partial charge in [0, 0.05) is 11.4 Å². The quantitative estimate of drug-likeness (QED) is 0.780. The third kappa shape index (κ3) is 3.24. The first-order valence-corrected chi connectivity index (χ1v) is 6.12. The first-order valence-electron chi connectivity index (χ1n) is 5.74. The van der Waals surface area contributed by atoms with Gasteiger partial charge in [0.25, 0.3) is 0 Å². The Morgan fingerprint density at radius 2 is 1.71 bits per heavy atom. The van der Waals surface area contributed by atoms with Gasteiger partial charge in [0.05, 0.1) is 6.61 Å². The molecule has 0 aromatic heterocycles. The Hall–Kier alpha value is -1.47. The summed E-state index contributed by atoms with van der Waals surface area (Å²) < 4.78 is 5.61. The highest BCUT2D eigenvalue weighted by atomic mass is 35.5. The van der Waals surface area contributed by atoms with E-state index >= 15 is 0 Å². The minimum absolute atomic E-state index is 0.692. The molecule has 2 aromatic rings. The minimum Gasteiger partial charge on any atom is -0.494 e. The van der Waals surface area contributed by atoms with Gasteiger partial charge in [0.2, 0.25) is 0 Å². The predicted octanol–water partition coefficient (Wildman–Crippen LogP) is 4.33. The zero-order valence-corrected chi connectivity index (χ0v) is 10.6. The van der Waals surface area contributed by atoms with Crippen molar-refractivity contribution in [1.82, 2.24) is 0 Å². The fourth-order valence-corrected chi connectivity index (χ4v) is 1.89. The summed E-state index contributed by atoms with van der Waals surface area (Å²) in [5.41, 5.74) is 2.44. The maximum atomic E-state index is 5.87. The van der Waals surface area contributed by atoms with E-state index in [1.54, 1.807) is 0 Å². The Kier molecular flexibility index (Phi) is 4.05. The van der Waals surface area contributed by atoms with Gasteiger partial charge in [-0.15, -0.1) is 0 Å². The number of benzene rings is 2. The van der Waals surface area contributed by atoms with Crippen molar-refractivity contribution in [2.24, 2.45) is 0 Å². The van der Waals surface area contributed by atoms with E-state index in [0.29, 0.717) is 6.61 Å².